The van der Waals surface area contributed by atoms with Gasteiger partial charge < -0.3 is 0 Å². The van der Waals surface area contributed by atoms with Crippen molar-refractivity contribution < 1.29 is 13.2 Å². The number of benzene rings is 1. The lowest BCUT2D eigenvalue weighted by Gasteiger charge is -2.23. The molecule has 0 aromatic heterocycles. The Hall–Kier alpha value is -1.62. The molecule has 0 saturated carbocycles. The van der Waals surface area contributed by atoms with Crippen molar-refractivity contribution in [2.24, 2.45) is 5.92 Å². The van der Waals surface area contributed by atoms with Crippen molar-refractivity contribution in [2.45, 2.75) is 24.3 Å². The van der Waals surface area contributed by atoms with Gasteiger partial charge in [0.05, 0.1) is 16.9 Å². The normalized spacial score (nSPS) is 26.1. The largest absolute Gasteiger partial charge is 0.273 e. The Morgan fingerprint density at radius 2 is 1.83 bits per heavy atom. The maximum absolute atomic E-state index is 12.4. The average molecular weight is 263 g/mol. The van der Waals surface area contributed by atoms with Gasteiger partial charge in [-0.25, -0.2) is 12.7 Å². The summed E-state index contributed by atoms with van der Waals surface area (Å²) < 4.78 is 25.9. The van der Waals surface area contributed by atoms with E-state index in [1.807, 2.05) is 6.92 Å². The molecule has 2 aliphatic rings. The summed E-state index contributed by atoms with van der Waals surface area (Å²) in [6.07, 6.45) is 4.19. The third-order valence-corrected chi connectivity index (χ3v) is 5.31. The van der Waals surface area contributed by atoms with Crippen LogP contribution in [0.4, 0.5) is 0 Å². The molecule has 1 fully saturated rings. The average Bonchev–Trinajstić information content (AvgIpc) is 2.89. The SMILES string of the molecule is Cc1ccc(S(=O)(=O)N2C(=O)[C@H]3C=C[C@H]2C3)cc1. The first kappa shape index (κ1) is 11.5. The summed E-state index contributed by atoms with van der Waals surface area (Å²) in [5.74, 6) is -0.557. The summed E-state index contributed by atoms with van der Waals surface area (Å²) in [6.45, 7) is 1.89. The van der Waals surface area contributed by atoms with Gasteiger partial charge in [0.1, 0.15) is 0 Å². The zero-order valence-corrected chi connectivity index (χ0v) is 10.7. The molecule has 1 aromatic carbocycles. The van der Waals surface area contributed by atoms with Crippen molar-refractivity contribution in [2.75, 3.05) is 0 Å². The van der Waals surface area contributed by atoms with E-state index in [-0.39, 0.29) is 22.8 Å². The van der Waals surface area contributed by atoms with Crippen LogP contribution in [0.15, 0.2) is 41.3 Å². The standard InChI is InChI=1S/C13H13NO3S/c1-9-2-6-12(7-3-9)18(16,17)14-11-5-4-10(8-11)13(14)15/h2-7,10-11H,8H2,1H3/t10-,11-/m0/s1. The lowest BCUT2D eigenvalue weighted by molar-refractivity contribution is -0.126. The molecule has 0 N–H and O–H groups in total. The summed E-state index contributed by atoms with van der Waals surface area (Å²) in [5, 5.41) is 0. The van der Waals surface area contributed by atoms with Crippen molar-refractivity contribution in [3.63, 3.8) is 0 Å². The summed E-state index contributed by atoms with van der Waals surface area (Å²) in [4.78, 5) is 12.1. The molecule has 1 aliphatic carbocycles. The molecular formula is C13H13NO3S. The second-order valence-corrected chi connectivity index (χ2v) is 6.56. The van der Waals surface area contributed by atoms with Crippen molar-refractivity contribution in [1.29, 1.82) is 0 Å². The summed E-state index contributed by atoms with van der Waals surface area (Å²) in [6, 6.07) is 6.28. The van der Waals surface area contributed by atoms with Gasteiger partial charge in [-0.05, 0) is 25.5 Å². The first-order valence-corrected chi connectivity index (χ1v) is 7.27. The van der Waals surface area contributed by atoms with Crippen LogP contribution in [-0.2, 0) is 14.8 Å². The molecular weight excluding hydrogens is 250 g/mol. The zero-order chi connectivity index (χ0) is 12.9. The molecule has 94 valence electrons. The molecule has 1 aromatic rings. The number of rotatable bonds is 2. The Kier molecular flexibility index (Phi) is 2.35. The molecule has 5 heteroatoms. The highest BCUT2D eigenvalue weighted by molar-refractivity contribution is 7.89. The number of hydrogen-bond donors (Lipinski definition) is 0. The van der Waals surface area contributed by atoms with Crippen molar-refractivity contribution in [3.8, 4) is 0 Å². The quantitative estimate of drug-likeness (QED) is 0.759. The van der Waals surface area contributed by atoms with Crippen LogP contribution < -0.4 is 0 Å². The van der Waals surface area contributed by atoms with Crippen LogP contribution in [-0.4, -0.2) is 24.7 Å². The second kappa shape index (κ2) is 3.68. The molecule has 4 nitrogen and oxygen atoms in total. The Labute approximate surface area is 106 Å². The maximum Gasteiger partial charge on any atom is 0.267 e. The number of amides is 1. The minimum absolute atomic E-state index is 0.183. The number of hydrogen-bond acceptors (Lipinski definition) is 3. The van der Waals surface area contributed by atoms with Crippen LogP contribution in [0.3, 0.4) is 0 Å². The predicted octanol–water partition coefficient (Wildman–Crippen LogP) is 1.47. The van der Waals surface area contributed by atoms with E-state index in [0.29, 0.717) is 6.42 Å². The van der Waals surface area contributed by atoms with E-state index in [4.69, 9.17) is 0 Å². The Morgan fingerprint density at radius 1 is 1.17 bits per heavy atom. The minimum Gasteiger partial charge on any atom is -0.273 e. The molecule has 18 heavy (non-hydrogen) atoms. The molecule has 1 aliphatic heterocycles. The Bertz CT molecular complexity index is 631. The third kappa shape index (κ3) is 1.50. The van der Waals surface area contributed by atoms with Crippen LogP contribution in [0, 0.1) is 12.8 Å². The van der Waals surface area contributed by atoms with Crippen molar-refractivity contribution >= 4 is 15.9 Å². The van der Waals surface area contributed by atoms with Gasteiger partial charge >= 0.3 is 0 Å². The number of nitrogens with zero attached hydrogens (tertiary/aromatic N) is 1. The highest BCUT2D eigenvalue weighted by atomic mass is 32.2. The van der Waals surface area contributed by atoms with Gasteiger partial charge in [-0.1, -0.05) is 29.8 Å². The van der Waals surface area contributed by atoms with Gasteiger partial charge in [-0.15, -0.1) is 0 Å². The van der Waals surface area contributed by atoms with Gasteiger partial charge in [0.15, 0.2) is 0 Å². The number of fused-ring (bicyclic) bond motifs is 2. The Morgan fingerprint density at radius 3 is 2.39 bits per heavy atom. The smallest absolute Gasteiger partial charge is 0.267 e. The Balaban J connectivity index is 2.03. The van der Waals surface area contributed by atoms with Crippen molar-refractivity contribution in [1.82, 2.24) is 4.31 Å². The summed E-state index contributed by atoms with van der Waals surface area (Å²) in [5.41, 5.74) is 0.989. The molecule has 0 radical (unpaired) electrons. The van der Waals surface area contributed by atoms with E-state index in [1.165, 1.54) is 0 Å². The van der Waals surface area contributed by atoms with E-state index in [2.05, 4.69) is 0 Å². The molecule has 2 atom stereocenters. The number of carbonyl (C=O) groups excluding carboxylic acids is 1. The van der Waals surface area contributed by atoms with Crippen LogP contribution in [0.25, 0.3) is 0 Å². The van der Waals surface area contributed by atoms with E-state index in [0.717, 1.165) is 9.87 Å². The van der Waals surface area contributed by atoms with Gasteiger partial charge in [0, 0.05) is 0 Å². The van der Waals surface area contributed by atoms with Gasteiger partial charge in [-0.2, -0.15) is 0 Å². The monoisotopic (exact) mass is 263 g/mol. The summed E-state index contributed by atoms with van der Waals surface area (Å²) >= 11 is 0. The van der Waals surface area contributed by atoms with Gasteiger partial charge in [-0.3, -0.25) is 4.79 Å². The molecule has 1 heterocycles. The summed E-state index contributed by atoms with van der Waals surface area (Å²) in [7, 11) is -3.70. The van der Waals surface area contributed by atoms with E-state index in [9.17, 15) is 13.2 Å². The van der Waals surface area contributed by atoms with Crippen LogP contribution in [0.2, 0.25) is 0 Å². The van der Waals surface area contributed by atoms with Crippen LogP contribution >= 0.6 is 0 Å². The van der Waals surface area contributed by atoms with Crippen LogP contribution in [0.1, 0.15) is 12.0 Å². The fraction of sp³-hybridized carbons (Fsp3) is 0.308. The number of carbonyl (C=O) groups is 1. The minimum atomic E-state index is -3.70. The topological polar surface area (TPSA) is 54.5 Å². The third-order valence-electron chi connectivity index (χ3n) is 3.47. The molecule has 1 amide bonds. The fourth-order valence-corrected chi connectivity index (χ4v) is 4.08. The number of aryl methyl sites for hydroxylation is 1. The van der Waals surface area contributed by atoms with E-state index in [1.54, 1.807) is 36.4 Å². The molecule has 3 rings (SSSR count). The zero-order valence-electron chi connectivity index (χ0n) is 9.91. The molecule has 0 unspecified atom stereocenters. The lowest BCUT2D eigenvalue weighted by atomic mass is 10.1. The predicted molar refractivity (Wildman–Crippen MR) is 66.2 cm³/mol. The number of sulfonamides is 1. The molecule has 0 spiro atoms. The molecule has 1 saturated heterocycles. The maximum atomic E-state index is 12.4. The van der Waals surface area contributed by atoms with Crippen molar-refractivity contribution in [3.05, 3.63) is 42.0 Å². The first-order chi connectivity index (χ1) is 8.50. The first-order valence-electron chi connectivity index (χ1n) is 5.83. The lowest BCUT2D eigenvalue weighted by Crippen LogP contribution is -2.39. The second-order valence-electron chi connectivity index (χ2n) is 4.75. The highest BCUT2D eigenvalue weighted by Crippen LogP contribution is 2.36. The van der Waals surface area contributed by atoms with Gasteiger partial charge in [0.2, 0.25) is 5.91 Å². The fourth-order valence-electron chi connectivity index (χ4n) is 2.48. The van der Waals surface area contributed by atoms with E-state index >= 15 is 0 Å². The van der Waals surface area contributed by atoms with Crippen LogP contribution in [0.5, 0.6) is 0 Å². The molecule has 2 bridgehead atoms. The highest BCUT2D eigenvalue weighted by Gasteiger charge is 2.47. The van der Waals surface area contributed by atoms with Gasteiger partial charge in [0.25, 0.3) is 10.0 Å². The van der Waals surface area contributed by atoms with E-state index < -0.39 is 10.0 Å².